The van der Waals surface area contributed by atoms with Crippen molar-refractivity contribution in [2.45, 2.75) is 32.4 Å². The summed E-state index contributed by atoms with van der Waals surface area (Å²) in [6, 6.07) is 13.4. The number of aliphatic hydroxyl groups excluding tert-OH is 1. The third kappa shape index (κ3) is 8.05. The minimum absolute atomic E-state index is 0. The molecule has 2 aromatic carbocycles. The highest BCUT2D eigenvalue weighted by atomic mass is 127. The lowest BCUT2D eigenvalue weighted by Gasteiger charge is -2.17. The highest BCUT2D eigenvalue weighted by Crippen LogP contribution is 2.30. The number of para-hydroxylation sites is 1. The van der Waals surface area contributed by atoms with Crippen LogP contribution in [-0.4, -0.2) is 45.0 Å². The molecule has 1 saturated carbocycles. The van der Waals surface area contributed by atoms with Gasteiger partial charge < -0.3 is 30.0 Å². The zero-order chi connectivity index (χ0) is 22.1. The number of rotatable bonds is 11. The second-order valence-corrected chi connectivity index (χ2v) is 7.60. The molecule has 0 radical (unpaired) electrons. The van der Waals surface area contributed by atoms with Gasteiger partial charge in [0.25, 0.3) is 0 Å². The third-order valence-corrected chi connectivity index (χ3v) is 5.12. The fraction of sp³-hybridized carbons (Fsp3) is 0.458. The highest BCUT2D eigenvalue weighted by Gasteiger charge is 2.22. The van der Waals surface area contributed by atoms with Gasteiger partial charge in [-0.2, -0.15) is 0 Å². The number of hydrogen-bond donors (Lipinski definition) is 3. The van der Waals surface area contributed by atoms with Crippen molar-refractivity contribution in [2.75, 3.05) is 33.9 Å². The van der Waals surface area contributed by atoms with Crippen LogP contribution in [0.5, 0.6) is 17.2 Å². The number of halogens is 1. The van der Waals surface area contributed by atoms with Gasteiger partial charge in [0.15, 0.2) is 5.96 Å². The summed E-state index contributed by atoms with van der Waals surface area (Å²) in [7, 11) is 3.18. The van der Waals surface area contributed by atoms with E-state index in [1.165, 1.54) is 12.8 Å². The van der Waals surface area contributed by atoms with Crippen molar-refractivity contribution >= 4 is 29.9 Å². The van der Waals surface area contributed by atoms with Gasteiger partial charge in [0.05, 0.1) is 33.5 Å². The van der Waals surface area contributed by atoms with E-state index < -0.39 is 6.10 Å². The molecular weight excluding hydrogens is 521 g/mol. The van der Waals surface area contributed by atoms with E-state index in [0.717, 1.165) is 24.5 Å². The number of aliphatic imine (C=N–C) groups is 1. The molecule has 1 atom stereocenters. The zero-order valence-electron chi connectivity index (χ0n) is 19.0. The van der Waals surface area contributed by atoms with Crippen LogP contribution in [0.25, 0.3) is 0 Å². The van der Waals surface area contributed by atoms with Crippen molar-refractivity contribution < 1.29 is 19.3 Å². The van der Waals surface area contributed by atoms with Crippen molar-refractivity contribution in [3.05, 3.63) is 53.6 Å². The van der Waals surface area contributed by atoms with E-state index in [9.17, 15) is 5.11 Å². The summed E-state index contributed by atoms with van der Waals surface area (Å²) in [6.07, 6.45) is 1.77. The predicted molar refractivity (Wildman–Crippen MR) is 137 cm³/mol. The number of ether oxygens (including phenoxy) is 3. The molecule has 3 N–H and O–H groups in total. The number of aliphatic hydroxyl groups is 1. The number of benzene rings is 2. The topological polar surface area (TPSA) is 84.3 Å². The first-order valence-electron chi connectivity index (χ1n) is 10.8. The number of hydrogen-bond acceptors (Lipinski definition) is 5. The van der Waals surface area contributed by atoms with Gasteiger partial charge in [0, 0.05) is 24.7 Å². The molecule has 32 heavy (non-hydrogen) atoms. The van der Waals surface area contributed by atoms with Gasteiger partial charge >= 0.3 is 0 Å². The van der Waals surface area contributed by atoms with Crippen molar-refractivity contribution in [1.82, 2.24) is 10.6 Å². The molecule has 0 aliphatic heterocycles. The van der Waals surface area contributed by atoms with Gasteiger partial charge in [-0.15, -0.1) is 24.0 Å². The van der Waals surface area contributed by atoms with Crippen molar-refractivity contribution in [1.29, 1.82) is 0 Å². The molecule has 1 unspecified atom stereocenters. The molecule has 0 saturated heterocycles. The lowest BCUT2D eigenvalue weighted by atomic mass is 10.1. The summed E-state index contributed by atoms with van der Waals surface area (Å²) in [4.78, 5) is 4.67. The van der Waals surface area contributed by atoms with Gasteiger partial charge in [-0.05, 0) is 49.4 Å². The second kappa shape index (κ2) is 13.4. The van der Waals surface area contributed by atoms with E-state index in [4.69, 9.17) is 14.2 Å². The smallest absolute Gasteiger partial charge is 0.191 e. The van der Waals surface area contributed by atoms with E-state index >= 15 is 0 Å². The summed E-state index contributed by atoms with van der Waals surface area (Å²) < 4.78 is 16.6. The Morgan fingerprint density at radius 3 is 2.41 bits per heavy atom. The molecule has 0 aromatic heterocycles. The van der Waals surface area contributed by atoms with Crippen molar-refractivity contribution in [3.8, 4) is 17.2 Å². The van der Waals surface area contributed by atoms with Crippen molar-refractivity contribution in [2.24, 2.45) is 10.9 Å². The Bertz CT molecular complexity index is 852. The predicted octanol–water partition coefficient (Wildman–Crippen LogP) is 3.90. The molecule has 176 valence electrons. The Hall–Kier alpha value is -2.20. The number of nitrogens with one attached hydrogen (secondary N) is 2. The van der Waals surface area contributed by atoms with Crippen molar-refractivity contribution in [3.63, 3.8) is 0 Å². The Balaban J connectivity index is 0.00000363. The standard InChI is InChI=1S/C24H33N3O4.HI/c1-4-25-24(26-14-18-7-5-6-8-23(18)31-16-17-9-10-17)27-15-22(28)19-11-20(29-2)13-21(12-19)30-3;/h5-8,11-13,17,22,28H,4,9-10,14-16H2,1-3H3,(H2,25,26,27);1H. The van der Waals surface area contributed by atoms with Crippen LogP contribution in [0.1, 0.15) is 37.0 Å². The summed E-state index contributed by atoms with van der Waals surface area (Å²) >= 11 is 0. The van der Waals surface area contributed by atoms with Crippen LogP contribution in [-0.2, 0) is 6.54 Å². The van der Waals surface area contributed by atoms with Crippen LogP contribution >= 0.6 is 24.0 Å². The maximum atomic E-state index is 10.7. The molecule has 2 aromatic rings. The Morgan fingerprint density at radius 2 is 1.78 bits per heavy atom. The minimum Gasteiger partial charge on any atom is -0.497 e. The van der Waals surface area contributed by atoms with E-state index in [1.54, 1.807) is 32.4 Å². The normalized spacial score (nSPS) is 14.2. The summed E-state index contributed by atoms with van der Waals surface area (Å²) in [5.74, 6) is 3.49. The lowest BCUT2D eigenvalue weighted by Crippen LogP contribution is -2.39. The summed E-state index contributed by atoms with van der Waals surface area (Å²) in [5.41, 5.74) is 1.75. The fourth-order valence-corrected chi connectivity index (χ4v) is 3.11. The summed E-state index contributed by atoms with van der Waals surface area (Å²) in [5, 5.41) is 17.1. The first-order chi connectivity index (χ1) is 15.1. The molecule has 1 aliphatic rings. The van der Waals surface area contributed by atoms with Gasteiger partial charge in [0.1, 0.15) is 17.2 Å². The molecule has 7 nitrogen and oxygen atoms in total. The zero-order valence-corrected chi connectivity index (χ0v) is 21.3. The first kappa shape index (κ1) is 26.1. The van der Waals surface area contributed by atoms with E-state index in [2.05, 4.69) is 15.6 Å². The average molecular weight is 555 g/mol. The minimum atomic E-state index is -0.748. The molecule has 1 aliphatic carbocycles. The second-order valence-electron chi connectivity index (χ2n) is 7.60. The Morgan fingerprint density at radius 1 is 1.09 bits per heavy atom. The Labute approximate surface area is 207 Å². The van der Waals surface area contributed by atoms with Crippen LogP contribution in [0.4, 0.5) is 0 Å². The molecule has 1 fully saturated rings. The monoisotopic (exact) mass is 555 g/mol. The van der Waals surface area contributed by atoms with Gasteiger partial charge in [-0.1, -0.05) is 18.2 Å². The van der Waals surface area contributed by atoms with E-state index in [0.29, 0.717) is 42.0 Å². The van der Waals surface area contributed by atoms with Gasteiger partial charge in [-0.25, -0.2) is 4.99 Å². The van der Waals surface area contributed by atoms with Gasteiger partial charge in [0.2, 0.25) is 0 Å². The summed E-state index contributed by atoms with van der Waals surface area (Å²) in [6.45, 7) is 4.28. The molecule has 0 heterocycles. The first-order valence-corrected chi connectivity index (χ1v) is 10.8. The van der Waals surface area contributed by atoms with Crippen LogP contribution in [0, 0.1) is 5.92 Å². The SMILES string of the molecule is CCNC(=NCc1ccccc1OCC1CC1)NCC(O)c1cc(OC)cc(OC)c1.I. The molecule has 8 heteroatoms. The molecule has 3 rings (SSSR count). The molecular formula is C24H34IN3O4. The molecule has 0 spiro atoms. The van der Waals surface area contributed by atoms with Crippen LogP contribution in [0.3, 0.4) is 0 Å². The molecule has 0 bridgehead atoms. The maximum absolute atomic E-state index is 10.7. The number of nitrogens with zero attached hydrogens (tertiary/aromatic N) is 1. The van der Waals surface area contributed by atoms with Gasteiger partial charge in [-0.3, -0.25) is 0 Å². The average Bonchev–Trinajstić information content (AvgIpc) is 3.64. The highest BCUT2D eigenvalue weighted by molar-refractivity contribution is 14.0. The van der Waals surface area contributed by atoms with Crippen LogP contribution in [0.2, 0.25) is 0 Å². The molecule has 0 amide bonds. The lowest BCUT2D eigenvalue weighted by molar-refractivity contribution is 0.180. The maximum Gasteiger partial charge on any atom is 0.191 e. The van der Waals surface area contributed by atoms with Crippen LogP contribution < -0.4 is 24.8 Å². The third-order valence-electron chi connectivity index (χ3n) is 5.12. The van der Waals surface area contributed by atoms with E-state index in [1.807, 2.05) is 31.2 Å². The quantitative estimate of drug-likeness (QED) is 0.222. The Kier molecular flexibility index (Phi) is 10.9. The number of guanidine groups is 1. The van der Waals surface area contributed by atoms with Crippen LogP contribution in [0.15, 0.2) is 47.5 Å². The largest absolute Gasteiger partial charge is 0.497 e. The van der Waals surface area contributed by atoms with E-state index in [-0.39, 0.29) is 24.0 Å². The fourth-order valence-electron chi connectivity index (χ4n) is 3.11. The number of methoxy groups -OCH3 is 2.